The van der Waals surface area contributed by atoms with Gasteiger partial charge in [0.25, 0.3) is 5.91 Å². The van der Waals surface area contributed by atoms with Crippen molar-refractivity contribution in [3.63, 3.8) is 0 Å². The quantitative estimate of drug-likeness (QED) is 0.751. The molecule has 1 aliphatic rings. The lowest BCUT2D eigenvalue weighted by atomic mass is 10.2. The summed E-state index contributed by atoms with van der Waals surface area (Å²) >= 11 is 3.23. The Hall–Kier alpha value is -2.08. The molecule has 3 rings (SSSR count). The molecule has 0 radical (unpaired) electrons. The highest BCUT2D eigenvalue weighted by Gasteiger charge is 2.19. The molecule has 0 aliphatic carbocycles. The van der Waals surface area contributed by atoms with Gasteiger partial charge < -0.3 is 15.0 Å². The molecule has 2 aromatic rings. The zero-order valence-corrected chi connectivity index (χ0v) is 16.4. The fraction of sp³-hybridized carbons (Fsp3) is 0.350. The Bertz CT molecular complexity index is 782. The Morgan fingerprint density at radius 3 is 2.65 bits per heavy atom. The number of anilines is 2. The summed E-state index contributed by atoms with van der Waals surface area (Å²) in [5.41, 5.74) is 1.89. The predicted octanol–water partition coefficient (Wildman–Crippen LogP) is 4.84. The standard InChI is InChI=1S/C20H22BrFN2O2/c1-13-9-10-24(12-13)17-6-4-16(5-7-17)23-20(25)14(2)26-19-8-3-15(22)11-18(19)21/h3-8,11,13-14H,9-10,12H2,1-2H3,(H,23,25). The number of rotatable bonds is 5. The Labute approximate surface area is 161 Å². The molecule has 26 heavy (non-hydrogen) atoms. The van der Waals surface area contributed by atoms with Crippen LogP contribution in [0.4, 0.5) is 15.8 Å². The van der Waals surface area contributed by atoms with Gasteiger partial charge in [0, 0.05) is 24.5 Å². The van der Waals surface area contributed by atoms with Crippen molar-refractivity contribution in [2.24, 2.45) is 5.92 Å². The van der Waals surface area contributed by atoms with Crippen LogP contribution in [-0.4, -0.2) is 25.1 Å². The van der Waals surface area contributed by atoms with Crippen LogP contribution in [0, 0.1) is 11.7 Å². The minimum absolute atomic E-state index is 0.260. The Kier molecular flexibility index (Phi) is 5.81. The first-order valence-corrected chi connectivity index (χ1v) is 9.49. The number of nitrogens with zero attached hydrogens (tertiary/aromatic N) is 1. The Morgan fingerprint density at radius 1 is 1.31 bits per heavy atom. The summed E-state index contributed by atoms with van der Waals surface area (Å²) in [6.07, 6.45) is 0.502. The minimum atomic E-state index is -0.712. The number of amides is 1. The summed E-state index contributed by atoms with van der Waals surface area (Å²) < 4.78 is 19.2. The topological polar surface area (TPSA) is 41.6 Å². The van der Waals surface area contributed by atoms with Crippen molar-refractivity contribution >= 4 is 33.2 Å². The van der Waals surface area contributed by atoms with E-state index in [0.717, 1.165) is 24.7 Å². The van der Waals surface area contributed by atoms with Crippen molar-refractivity contribution in [2.75, 3.05) is 23.3 Å². The lowest BCUT2D eigenvalue weighted by Crippen LogP contribution is -2.30. The van der Waals surface area contributed by atoms with Crippen LogP contribution in [0.3, 0.4) is 0 Å². The molecule has 1 fully saturated rings. The second-order valence-electron chi connectivity index (χ2n) is 6.71. The van der Waals surface area contributed by atoms with Gasteiger partial charge in [0.1, 0.15) is 11.6 Å². The van der Waals surface area contributed by atoms with Gasteiger partial charge in [0.05, 0.1) is 4.47 Å². The number of ether oxygens (including phenoxy) is 1. The van der Waals surface area contributed by atoms with E-state index >= 15 is 0 Å². The number of benzene rings is 2. The van der Waals surface area contributed by atoms with E-state index in [-0.39, 0.29) is 11.7 Å². The van der Waals surface area contributed by atoms with Gasteiger partial charge in [-0.2, -0.15) is 0 Å². The molecule has 1 N–H and O–H groups in total. The highest BCUT2D eigenvalue weighted by Crippen LogP contribution is 2.27. The molecule has 1 amide bonds. The largest absolute Gasteiger partial charge is 0.480 e. The van der Waals surface area contributed by atoms with Crippen molar-refractivity contribution in [3.8, 4) is 5.75 Å². The number of hydrogen-bond donors (Lipinski definition) is 1. The second kappa shape index (κ2) is 8.08. The van der Waals surface area contributed by atoms with Crippen LogP contribution in [0.1, 0.15) is 20.3 Å². The third kappa shape index (κ3) is 4.55. The van der Waals surface area contributed by atoms with Crippen LogP contribution < -0.4 is 15.0 Å². The Balaban J connectivity index is 1.58. The lowest BCUT2D eigenvalue weighted by Gasteiger charge is -2.19. The molecule has 0 spiro atoms. The second-order valence-corrected chi connectivity index (χ2v) is 7.57. The maximum absolute atomic E-state index is 13.1. The molecule has 0 saturated carbocycles. The lowest BCUT2D eigenvalue weighted by molar-refractivity contribution is -0.122. The van der Waals surface area contributed by atoms with Crippen molar-refractivity contribution in [1.29, 1.82) is 0 Å². The number of carbonyl (C=O) groups excluding carboxylic acids is 1. The first-order chi connectivity index (χ1) is 12.4. The fourth-order valence-corrected chi connectivity index (χ4v) is 3.43. The van der Waals surface area contributed by atoms with Crippen molar-refractivity contribution in [3.05, 3.63) is 52.8 Å². The van der Waals surface area contributed by atoms with E-state index in [1.807, 2.05) is 24.3 Å². The SMILES string of the molecule is CC1CCN(c2ccc(NC(=O)C(C)Oc3ccc(F)cc3Br)cc2)C1. The van der Waals surface area contributed by atoms with Crippen LogP contribution in [0.2, 0.25) is 0 Å². The van der Waals surface area contributed by atoms with Crippen LogP contribution in [0.5, 0.6) is 5.75 Å². The van der Waals surface area contributed by atoms with Crippen LogP contribution in [0.25, 0.3) is 0 Å². The summed E-state index contributed by atoms with van der Waals surface area (Å²) in [5.74, 6) is 0.517. The fourth-order valence-electron chi connectivity index (χ4n) is 2.98. The minimum Gasteiger partial charge on any atom is -0.480 e. The number of carbonyl (C=O) groups is 1. The summed E-state index contributed by atoms with van der Waals surface area (Å²) in [4.78, 5) is 14.7. The highest BCUT2D eigenvalue weighted by molar-refractivity contribution is 9.10. The molecule has 2 atom stereocenters. The van der Waals surface area contributed by atoms with Crippen molar-refractivity contribution < 1.29 is 13.9 Å². The molecule has 1 saturated heterocycles. The molecular weight excluding hydrogens is 399 g/mol. The summed E-state index contributed by atoms with van der Waals surface area (Å²) in [7, 11) is 0. The third-order valence-electron chi connectivity index (χ3n) is 4.49. The molecule has 0 bridgehead atoms. The van der Waals surface area contributed by atoms with Crippen LogP contribution in [0.15, 0.2) is 46.9 Å². The summed E-state index contributed by atoms with van der Waals surface area (Å²) in [5, 5.41) is 2.85. The molecule has 6 heteroatoms. The van der Waals surface area contributed by atoms with Gasteiger partial charge in [-0.05, 0) is 77.7 Å². The maximum atomic E-state index is 13.1. The summed E-state index contributed by atoms with van der Waals surface area (Å²) in [6.45, 7) is 6.06. The molecule has 1 heterocycles. The zero-order chi connectivity index (χ0) is 18.7. The average Bonchev–Trinajstić information content (AvgIpc) is 3.04. The van der Waals surface area contributed by atoms with E-state index in [4.69, 9.17) is 4.74 Å². The van der Waals surface area contributed by atoms with Crippen LogP contribution in [-0.2, 0) is 4.79 Å². The molecule has 2 unspecified atom stereocenters. The molecule has 1 aliphatic heterocycles. The van der Waals surface area contributed by atoms with Gasteiger partial charge in [-0.25, -0.2) is 4.39 Å². The smallest absolute Gasteiger partial charge is 0.265 e. The van der Waals surface area contributed by atoms with Crippen LogP contribution >= 0.6 is 15.9 Å². The van der Waals surface area contributed by atoms with Gasteiger partial charge in [0.15, 0.2) is 6.10 Å². The van der Waals surface area contributed by atoms with E-state index in [1.54, 1.807) is 6.92 Å². The first kappa shape index (κ1) is 18.7. The maximum Gasteiger partial charge on any atom is 0.265 e. The summed E-state index contributed by atoms with van der Waals surface area (Å²) in [6, 6.07) is 11.9. The van der Waals surface area contributed by atoms with Gasteiger partial charge >= 0.3 is 0 Å². The zero-order valence-electron chi connectivity index (χ0n) is 14.8. The average molecular weight is 421 g/mol. The molecule has 0 aromatic heterocycles. The van der Waals surface area contributed by atoms with Gasteiger partial charge in [-0.1, -0.05) is 6.92 Å². The van der Waals surface area contributed by atoms with E-state index in [9.17, 15) is 9.18 Å². The monoisotopic (exact) mass is 420 g/mol. The predicted molar refractivity (Wildman–Crippen MR) is 105 cm³/mol. The van der Waals surface area contributed by atoms with E-state index < -0.39 is 6.10 Å². The highest BCUT2D eigenvalue weighted by atomic mass is 79.9. The van der Waals surface area contributed by atoms with Crippen molar-refractivity contribution in [2.45, 2.75) is 26.4 Å². The van der Waals surface area contributed by atoms with Crippen molar-refractivity contribution in [1.82, 2.24) is 0 Å². The van der Waals surface area contributed by atoms with E-state index in [1.165, 1.54) is 30.3 Å². The first-order valence-electron chi connectivity index (χ1n) is 8.70. The van der Waals surface area contributed by atoms with E-state index in [0.29, 0.717) is 10.2 Å². The normalized spacial score (nSPS) is 17.8. The van der Waals surface area contributed by atoms with Gasteiger partial charge in [0.2, 0.25) is 0 Å². The number of nitrogens with one attached hydrogen (secondary N) is 1. The Morgan fingerprint density at radius 2 is 2.04 bits per heavy atom. The number of hydrogen-bond acceptors (Lipinski definition) is 3. The third-order valence-corrected chi connectivity index (χ3v) is 5.11. The van der Waals surface area contributed by atoms with Gasteiger partial charge in [-0.15, -0.1) is 0 Å². The molecule has 138 valence electrons. The van der Waals surface area contributed by atoms with E-state index in [2.05, 4.69) is 33.1 Å². The molecule has 4 nitrogen and oxygen atoms in total. The number of halogens is 2. The molecular formula is C20H22BrFN2O2. The van der Waals surface area contributed by atoms with Gasteiger partial charge in [-0.3, -0.25) is 4.79 Å². The molecule has 2 aromatic carbocycles.